The Hall–Kier alpha value is -1.55. The number of methoxy groups -OCH3 is 1. The maximum atomic E-state index is 12.2. The highest BCUT2D eigenvalue weighted by Gasteiger charge is 2.39. The quantitative estimate of drug-likeness (QED) is 0.758. The summed E-state index contributed by atoms with van der Waals surface area (Å²) in [5, 5.41) is 3.32. The molecule has 0 unspecified atom stereocenters. The van der Waals surface area contributed by atoms with E-state index in [2.05, 4.69) is 5.32 Å². The summed E-state index contributed by atoms with van der Waals surface area (Å²) in [7, 11) is 1.61. The van der Waals surface area contributed by atoms with Crippen molar-refractivity contribution in [1.29, 1.82) is 0 Å². The second-order valence-corrected chi connectivity index (χ2v) is 4.14. The van der Waals surface area contributed by atoms with E-state index in [9.17, 15) is 4.79 Å². The second-order valence-electron chi connectivity index (χ2n) is 4.14. The molecule has 0 saturated carbocycles. The summed E-state index contributed by atoms with van der Waals surface area (Å²) >= 11 is 0. The van der Waals surface area contributed by atoms with Crippen molar-refractivity contribution in [3.63, 3.8) is 0 Å². The van der Waals surface area contributed by atoms with Gasteiger partial charge in [0.15, 0.2) is 0 Å². The number of hydrogen-bond acceptors (Lipinski definition) is 3. The maximum absolute atomic E-state index is 12.2. The van der Waals surface area contributed by atoms with Crippen LogP contribution in [0, 0.1) is 0 Å². The molecule has 0 aliphatic carbocycles. The number of carbonyl (C=O) groups is 1. The van der Waals surface area contributed by atoms with Gasteiger partial charge in [-0.3, -0.25) is 4.79 Å². The minimum absolute atomic E-state index is 0.110. The van der Waals surface area contributed by atoms with Crippen LogP contribution >= 0.6 is 0 Å². The zero-order valence-electron chi connectivity index (χ0n) is 9.19. The third-order valence-corrected chi connectivity index (χ3v) is 3.36. The zero-order valence-corrected chi connectivity index (χ0v) is 9.19. The van der Waals surface area contributed by atoms with Crippen molar-refractivity contribution in [3.8, 4) is 5.75 Å². The minimum atomic E-state index is 0.110. The number of nitrogens with zero attached hydrogens (tertiary/aromatic N) is 1. The molecule has 84 valence electrons. The van der Waals surface area contributed by atoms with Crippen LogP contribution in [0.5, 0.6) is 5.75 Å². The summed E-state index contributed by atoms with van der Waals surface area (Å²) in [4.78, 5) is 14.2. The van der Waals surface area contributed by atoms with Gasteiger partial charge in [0.2, 0.25) is 0 Å². The molecule has 3 rings (SSSR count). The highest BCUT2D eigenvalue weighted by Crippen LogP contribution is 2.38. The van der Waals surface area contributed by atoms with Gasteiger partial charge < -0.3 is 15.0 Å². The SMILES string of the molecule is COc1cccc2c1C(=O)N1CCNC[C@@H]21. The fourth-order valence-corrected chi connectivity index (χ4v) is 2.59. The van der Waals surface area contributed by atoms with Gasteiger partial charge in [-0.05, 0) is 11.6 Å². The molecular formula is C12H14N2O2. The monoisotopic (exact) mass is 218 g/mol. The van der Waals surface area contributed by atoms with Gasteiger partial charge in [-0.2, -0.15) is 0 Å². The third kappa shape index (κ3) is 1.16. The van der Waals surface area contributed by atoms with Crippen LogP contribution in [0.25, 0.3) is 0 Å². The van der Waals surface area contributed by atoms with Gasteiger partial charge in [0.1, 0.15) is 5.75 Å². The molecule has 1 amide bonds. The van der Waals surface area contributed by atoms with Gasteiger partial charge in [0.05, 0.1) is 18.7 Å². The van der Waals surface area contributed by atoms with Crippen molar-refractivity contribution >= 4 is 5.91 Å². The van der Waals surface area contributed by atoms with Gasteiger partial charge >= 0.3 is 0 Å². The van der Waals surface area contributed by atoms with Crippen molar-refractivity contribution in [2.75, 3.05) is 26.7 Å². The lowest BCUT2D eigenvalue weighted by Crippen LogP contribution is -2.44. The first-order chi connectivity index (χ1) is 7.83. The van der Waals surface area contributed by atoms with E-state index in [4.69, 9.17) is 4.74 Å². The number of amides is 1. The maximum Gasteiger partial charge on any atom is 0.258 e. The standard InChI is InChI=1S/C12H14N2O2/c1-16-10-4-2-3-8-9-7-13-5-6-14(9)12(15)11(8)10/h2-4,9,13H,5-7H2,1H3/t9-/m0/s1. The smallest absolute Gasteiger partial charge is 0.258 e. The van der Waals surface area contributed by atoms with Crippen LogP contribution in [-0.2, 0) is 0 Å². The Balaban J connectivity index is 2.13. The van der Waals surface area contributed by atoms with Crippen LogP contribution in [0.2, 0.25) is 0 Å². The first-order valence-electron chi connectivity index (χ1n) is 5.51. The Morgan fingerprint density at radius 2 is 2.38 bits per heavy atom. The number of fused-ring (bicyclic) bond motifs is 3. The average molecular weight is 218 g/mol. The lowest BCUT2D eigenvalue weighted by atomic mass is 10.0. The Kier molecular flexibility index (Phi) is 2.11. The Morgan fingerprint density at radius 1 is 1.50 bits per heavy atom. The van der Waals surface area contributed by atoms with Crippen molar-refractivity contribution < 1.29 is 9.53 Å². The fraction of sp³-hybridized carbons (Fsp3) is 0.417. The van der Waals surface area contributed by atoms with E-state index in [1.807, 2.05) is 23.1 Å². The first kappa shape index (κ1) is 9.66. The molecule has 1 fully saturated rings. The van der Waals surface area contributed by atoms with E-state index in [0.717, 1.165) is 30.8 Å². The molecule has 0 aromatic heterocycles. The molecule has 2 heterocycles. The highest BCUT2D eigenvalue weighted by atomic mass is 16.5. The molecule has 1 aromatic carbocycles. The molecular weight excluding hydrogens is 204 g/mol. The van der Waals surface area contributed by atoms with Crippen LogP contribution in [-0.4, -0.2) is 37.6 Å². The number of hydrogen-bond donors (Lipinski definition) is 1. The summed E-state index contributed by atoms with van der Waals surface area (Å²) in [6.45, 7) is 2.49. The minimum Gasteiger partial charge on any atom is -0.496 e. The van der Waals surface area contributed by atoms with Crippen LogP contribution in [0.4, 0.5) is 0 Å². The molecule has 0 spiro atoms. The van der Waals surface area contributed by atoms with Crippen molar-refractivity contribution in [2.45, 2.75) is 6.04 Å². The molecule has 4 nitrogen and oxygen atoms in total. The zero-order chi connectivity index (χ0) is 11.1. The first-order valence-corrected chi connectivity index (χ1v) is 5.51. The fourth-order valence-electron chi connectivity index (χ4n) is 2.59. The van der Waals surface area contributed by atoms with Crippen LogP contribution < -0.4 is 10.1 Å². The van der Waals surface area contributed by atoms with E-state index in [0.29, 0.717) is 5.75 Å². The Morgan fingerprint density at radius 3 is 3.19 bits per heavy atom. The lowest BCUT2D eigenvalue weighted by Gasteiger charge is -2.30. The van der Waals surface area contributed by atoms with Crippen molar-refractivity contribution in [1.82, 2.24) is 10.2 Å². The van der Waals surface area contributed by atoms with Crippen LogP contribution in [0.3, 0.4) is 0 Å². The predicted octanol–water partition coefficient (Wildman–Crippen LogP) is 0.795. The third-order valence-electron chi connectivity index (χ3n) is 3.36. The van der Waals surface area contributed by atoms with Gasteiger partial charge in [0, 0.05) is 19.6 Å². The van der Waals surface area contributed by atoms with Crippen molar-refractivity contribution in [2.24, 2.45) is 0 Å². The molecule has 1 N–H and O–H groups in total. The van der Waals surface area contributed by atoms with E-state index < -0.39 is 0 Å². The number of rotatable bonds is 1. The molecule has 1 atom stereocenters. The summed E-state index contributed by atoms with van der Waals surface area (Å²) in [5.41, 5.74) is 1.84. The molecule has 1 saturated heterocycles. The molecule has 0 radical (unpaired) electrons. The van der Waals surface area contributed by atoms with Crippen LogP contribution in [0.1, 0.15) is 22.0 Å². The molecule has 1 aromatic rings. The van der Waals surface area contributed by atoms with Gasteiger partial charge in [0.25, 0.3) is 5.91 Å². The molecule has 2 aliphatic rings. The Bertz CT molecular complexity index is 445. The van der Waals surface area contributed by atoms with Crippen molar-refractivity contribution in [3.05, 3.63) is 29.3 Å². The molecule has 2 aliphatic heterocycles. The highest BCUT2D eigenvalue weighted by molar-refractivity contribution is 6.01. The van der Waals surface area contributed by atoms with Gasteiger partial charge in [-0.15, -0.1) is 0 Å². The molecule has 4 heteroatoms. The predicted molar refractivity (Wildman–Crippen MR) is 59.6 cm³/mol. The summed E-state index contributed by atoms with van der Waals surface area (Å²) in [6, 6.07) is 6.00. The summed E-state index contributed by atoms with van der Waals surface area (Å²) < 4.78 is 5.27. The topological polar surface area (TPSA) is 41.6 Å². The number of piperazine rings is 1. The summed E-state index contributed by atoms with van der Waals surface area (Å²) in [5.74, 6) is 0.802. The van der Waals surface area contributed by atoms with E-state index in [1.54, 1.807) is 7.11 Å². The Labute approximate surface area is 94.2 Å². The molecule has 16 heavy (non-hydrogen) atoms. The lowest BCUT2D eigenvalue weighted by molar-refractivity contribution is 0.0689. The van der Waals surface area contributed by atoms with E-state index >= 15 is 0 Å². The van der Waals surface area contributed by atoms with Gasteiger partial charge in [-0.1, -0.05) is 12.1 Å². The largest absolute Gasteiger partial charge is 0.496 e. The molecule has 0 bridgehead atoms. The van der Waals surface area contributed by atoms with Crippen LogP contribution in [0.15, 0.2) is 18.2 Å². The van der Waals surface area contributed by atoms with E-state index in [1.165, 1.54) is 0 Å². The summed E-state index contributed by atoms with van der Waals surface area (Å²) in [6.07, 6.45) is 0. The number of ether oxygens (including phenoxy) is 1. The van der Waals surface area contributed by atoms with Gasteiger partial charge in [-0.25, -0.2) is 0 Å². The van der Waals surface area contributed by atoms with E-state index in [-0.39, 0.29) is 11.9 Å². The normalized spacial score (nSPS) is 22.9. The number of benzene rings is 1. The second kappa shape index (κ2) is 3.49. The number of carbonyl (C=O) groups excluding carboxylic acids is 1. The number of nitrogens with one attached hydrogen (secondary N) is 1. The average Bonchev–Trinajstić information content (AvgIpc) is 2.64.